The van der Waals surface area contributed by atoms with E-state index in [9.17, 15) is 4.79 Å². The van der Waals surface area contributed by atoms with E-state index in [2.05, 4.69) is 4.98 Å². The average Bonchev–Trinajstić information content (AvgIpc) is 2.90. The molecule has 1 atom stereocenters. The number of hydrogen-bond donors (Lipinski definition) is 1. The SMILES string of the molecule is NCC(Cc1cccnc1)C(=O)N1CCCC1. The normalized spacial score (nSPS) is 17.1. The number of hydrogen-bond acceptors (Lipinski definition) is 3. The number of rotatable bonds is 4. The summed E-state index contributed by atoms with van der Waals surface area (Å²) in [6.45, 7) is 2.19. The second-order valence-corrected chi connectivity index (χ2v) is 4.53. The molecule has 0 saturated carbocycles. The summed E-state index contributed by atoms with van der Waals surface area (Å²) in [5, 5.41) is 0. The van der Waals surface area contributed by atoms with E-state index >= 15 is 0 Å². The molecule has 1 saturated heterocycles. The molecule has 2 rings (SSSR count). The standard InChI is InChI=1S/C13H19N3O/c14-9-12(8-11-4-3-5-15-10-11)13(17)16-6-1-2-7-16/h3-5,10,12H,1-2,6-9,14H2. The van der Waals surface area contributed by atoms with Crippen molar-refractivity contribution in [2.45, 2.75) is 19.3 Å². The van der Waals surface area contributed by atoms with Gasteiger partial charge in [-0.15, -0.1) is 0 Å². The molecule has 17 heavy (non-hydrogen) atoms. The van der Waals surface area contributed by atoms with Crippen LogP contribution in [-0.4, -0.2) is 35.4 Å². The third-order valence-electron chi connectivity index (χ3n) is 3.26. The lowest BCUT2D eigenvalue weighted by Crippen LogP contribution is -2.38. The van der Waals surface area contributed by atoms with Crippen molar-refractivity contribution in [2.24, 2.45) is 11.7 Å². The number of pyridine rings is 1. The maximum absolute atomic E-state index is 12.2. The molecular formula is C13H19N3O. The summed E-state index contributed by atoms with van der Waals surface area (Å²) in [5.41, 5.74) is 6.80. The molecule has 2 N–H and O–H groups in total. The van der Waals surface area contributed by atoms with Crippen molar-refractivity contribution in [3.8, 4) is 0 Å². The Morgan fingerprint density at radius 3 is 2.82 bits per heavy atom. The smallest absolute Gasteiger partial charge is 0.227 e. The highest BCUT2D eigenvalue weighted by Crippen LogP contribution is 2.15. The van der Waals surface area contributed by atoms with E-state index in [1.165, 1.54) is 0 Å². The molecule has 0 aliphatic carbocycles. The van der Waals surface area contributed by atoms with Crippen molar-refractivity contribution < 1.29 is 4.79 Å². The Morgan fingerprint density at radius 2 is 2.24 bits per heavy atom. The van der Waals surface area contributed by atoms with Crippen LogP contribution in [0.5, 0.6) is 0 Å². The highest BCUT2D eigenvalue weighted by Gasteiger charge is 2.25. The van der Waals surface area contributed by atoms with E-state index in [1.54, 1.807) is 12.4 Å². The Balaban J connectivity index is 1.98. The van der Waals surface area contributed by atoms with E-state index in [0.717, 1.165) is 31.5 Å². The predicted octanol–water partition coefficient (Wildman–Crippen LogP) is 0.821. The fourth-order valence-corrected chi connectivity index (χ4v) is 2.27. The van der Waals surface area contributed by atoms with Crippen LogP contribution < -0.4 is 5.73 Å². The highest BCUT2D eigenvalue weighted by atomic mass is 16.2. The fourth-order valence-electron chi connectivity index (χ4n) is 2.27. The Kier molecular flexibility index (Phi) is 4.09. The van der Waals surface area contributed by atoms with Crippen LogP contribution in [0.3, 0.4) is 0 Å². The molecule has 0 aromatic carbocycles. The zero-order chi connectivity index (χ0) is 12.1. The largest absolute Gasteiger partial charge is 0.342 e. The molecule has 0 radical (unpaired) electrons. The summed E-state index contributed by atoms with van der Waals surface area (Å²) in [5.74, 6) is 0.103. The number of nitrogens with zero attached hydrogens (tertiary/aromatic N) is 2. The molecule has 0 bridgehead atoms. The van der Waals surface area contributed by atoms with E-state index in [4.69, 9.17) is 5.73 Å². The van der Waals surface area contributed by atoms with Crippen LogP contribution >= 0.6 is 0 Å². The lowest BCUT2D eigenvalue weighted by Gasteiger charge is -2.22. The van der Waals surface area contributed by atoms with Crippen LogP contribution in [-0.2, 0) is 11.2 Å². The maximum Gasteiger partial charge on any atom is 0.227 e. The Bertz CT molecular complexity index is 360. The zero-order valence-electron chi connectivity index (χ0n) is 10.0. The van der Waals surface area contributed by atoms with Gasteiger partial charge in [-0.2, -0.15) is 0 Å². The van der Waals surface area contributed by atoms with E-state index in [0.29, 0.717) is 13.0 Å². The van der Waals surface area contributed by atoms with Gasteiger partial charge in [0.1, 0.15) is 0 Å². The number of carbonyl (C=O) groups excluding carboxylic acids is 1. The molecule has 1 aromatic heterocycles. The van der Waals surface area contributed by atoms with Gasteiger partial charge in [0, 0.05) is 32.0 Å². The first-order valence-corrected chi connectivity index (χ1v) is 6.19. The Labute approximate surface area is 102 Å². The van der Waals surface area contributed by atoms with E-state index < -0.39 is 0 Å². The molecule has 1 aromatic rings. The number of likely N-dealkylation sites (tertiary alicyclic amines) is 1. The molecule has 92 valence electrons. The minimum Gasteiger partial charge on any atom is -0.342 e. The van der Waals surface area contributed by atoms with Crippen molar-refractivity contribution in [1.82, 2.24) is 9.88 Å². The topological polar surface area (TPSA) is 59.2 Å². The van der Waals surface area contributed by atoms with Crippen LogP contribution in [0, 0.1) is 5.92 Å². The number of nitrogens with two attached hydrogens (primary N) is 1. The lowest BCUT2D eigenvalue weighted by molar-refractivity contribution is -0.134. The minimum absolute atomic E-state index is 0.0997. The highest BCUT2D eigenvalue weighted by molar-refractivity contribution is 5.79. The summed E-state index contributed by atoms with van der Waals surface area (Å²) in [6, 6.07) is 3.89. The first kappa shape index (κ1) is 12.0. The molecular weight excluding hydrogens is 214 g/mol. The van der Waals surface area contributed by atoms with Gasteiger partial charge < -0.3 is 10.6 Å². The molecule has 1 amide bonds. The maximum atomic E-state index is 12.2. The quantitative estimate of drug-likeness (QED) is 0.837. The second kappa shape index (κ2) is 5.77. The number of aromatic nitrogens is 1. The second-order valence-electron chi connectivity index (χ2n) is 4.53. The van der Waals surface area contributed by atoms with Crippen molar-refractivity contribution in [2.75, 3.05) is 19.6 Å². The van der Waals surface area contributed by atoms with Gasteiger partial charge in [-0.3, -0.25) is 9.78 Å². The summed E-state index contributed by atoms with van der Waals surface area (Å²) in [6.07, 6.45) is 6.48. The number of amides is 1. The van der Waals surface area contributed by atoms with Crippen LogP contribution in [0.4, 0.5) is 0 Å². The van der Waals surface area contributed by atoms with E-state index in [1.807, 2.05) is 17.0 Å². The summed E-state index contributed by atoms with van der Waals surface area (Å²) >= 11 is 0. The van der Waals surface area contributed by atoms with Crippen LogP contribution in [0.15, 0.2) is 24.5 Å². The first-order chi connectivity index (χ1) is 8.31. The van der Waals surface area contributed by atoms with Gasteiger partial charge in [0.25, 0.3) is 0 Å². The Morgan fingerprint density at radius 1 is 1.47 bits per heavy atom. The van der Waals surface area contributed by atoms with Crippen molar-refractivity contribution in [3.63, 3.8) is 0 Å². The van der Waals surface area contributed by atoms with Crippen LogP contribution in [0.1, 0.15) is 18.4 Å². The monoisotopic (exact) mass is 233 g/mol. The predicted molar refractivity (Wildman–Crippen MR) is 66.3 cm³/mol. The van der Waals surface area contributed by atoms with Gasteiger partial charge >= 0.3 is 0 Å². The fraction of sp³-hybridized carbons (Fsp3) is 0.538. The molecule has 1 fully saturated rings. The molecule has 4 nitrogen and oxygen atoms in total. The molecule has 1 aliphatic heterocycles. The Hall–Kier alpha value is -1.42. The van der Waals surface area contributed by atoms with Crippen molar-refractivity contribution in [3.05, 3.63) is 30.1 Å². The molecule has 1 unspecified atom stereocenters. The van der Waals surface area contributed by atoms with Crippen molar-refractivity contribution >= 4 is 5.91 Å². The van der Waals surface area contributed by atoms with Crippen LogP contribution in [0.2, 0.25) is 0 Å². The van der Waals surface area contributed by atoms with Crippen LogP contribution in [0.25, 0.3) is 0 Å². The molecule has 2 heterocycles. The minimum atomic E-state index is -0.0997. The summed E-state index contributed by atoms with van der Waals surface area (Å²) in [7, 11) is 0. The third kappa shape index (κ3) is 3.03. The first-order valence-electron chi connectivity index (χ1n) is 6.19. The van der Waals surface area contributed by atoms with Crippen molar-refractivity contribution in [1.29, 1.82) is 0 Å². The lowest BCUT2D eigenvalue weighted by atomic mass is 9.99. The zero-order valence-corrected chi connectivity index (χ0v) is 10.0. The molecule has 1 aliphatic rings. The van der Waals surface area contributed by atoms with Gasteiger partial charge in [0.2, 0.25) is 5.91 Å². The average molecular weight is 233 g/mol. The summed E-state index contributed by atoms with van der Waals surface area (Å²) in [4.78, 5) is 18.2. The van der Waals surface area contributed by atoms with Gasteiger partial charge in [0.05, 0.1) is 5.92 Å². The van der Waals surface area contributed by atoms with E-state index in [-0.39, 0.29) is 11.8 Å². The molecule has 0 spiro atoms. The number of carbonyl (C=O) groups is 1. The third-order valence-corrected chi connectivity index (χ3v) is 3.26. The van der Waals surface area contributed by atoms with Gasteiger partial charge in [0.15, 0.2) is 0 Å². The molecule has 4 heteroatoms. The van der Waals surface area contributed by atoms with Gasteiger partial charge in [-0.1, -0.05) is 6.07 Å². The summed E-state index contributed by atoms with van der Waals surface area (Å²) < 4.78 is 0. The van der Waals surface area contributed by atoms with Gasteiger partial charge in [-0.05, 0) is 30.9 Å². The van der Waals surface area contributed by atoms with Gasteiger partial charge in [-0.25, -0.2) is 0 Å².